The topological polar surface area (TPSA) is 97.1 Å². The molecule has 2 aliphatic carbocycles. The van der Waals surface area contributed by atoms with Crippen molar-refractivity contribution in [2.75, 3.05) is 0 Å². The number of hydrogen-bond acceptors (Lipinski definition) is 5. The number of aryl methyl sites for hydroxylation is 1. The molecule has 2 aromatic rings. The molecule has 2 N–H and O–H groups in total. The number of nitrogens with one attached hydrogen (secondary N) is 2. The number of nitrogens with zero attached hydrogens (tertiary/aromatic N) is 2. The first kappa shape index (κ1) is 18.4. The van der Waals surface area contributed by atoms with Crippen LogP contribution in [0.3, 0.4) is 0 Å². The molecule has 0 atom stereocenters. The van der Waals surface area contributed by atoms with E-state index in [1.807, 2.05) is 12.1 Å². The normalized spacial score (nSPS) is 18.3. The standard InChI is InChI=1S/C21H24N4O3/c1-14-22-20(25-28-14)21(12-2-3-13-21)24-18(26)11-6-15-4-7-16(8-5-15)19(27)23-17-9-10-17/h4-8,11,17H,2-3,9-10,12-13H2,1H3,(H,23,27)(H,24,26)/b11-6+. The Hall–Kier alpha value is -2.96. The summed E-state index contributed by atoms with van der Waals surface area (Å²) in [7, 11) is 0. The fourth-order valence-electron chi connectivity index (χ4n) is 3.57. The molecular weight excluding hydrogens is 356 g/mol. The molecule has 1 heterocycles. The van der Waals surface area contributed by atoms with Crippen molar-refractivity contribution in [2.24, 2.45) is 0 Å². The van der Waals surface area contributed by atoms with Crippen LogP contribution in [0.5, 0.6) is 0 Å². The smallest absolute Gasteiger partial charge is 0.251 e. The first-order valence-electron chi connectivity index (χ1n) is 9.76. The van der Waals surface area contributed by atoms with Crippen molar-refractivity contribution in [1.82, 2.24) is 20.8 Å². The maximum absolute atomic E-state index is 12.5. The molecule has 1 aromatic carbocycles. The first-order chi connectivity index (χ1) is 13.5. The Labute approximate surface area is 163 Å². The van der Waals surface area contributed by atoms with Crippen LogP contribution < -0.4 is 10.6 Å². The Morgan fingerprint density at radius 3 is 2.50 bits per heavy atom. The highest BCUT2D eigenvalue weighted by Crippen LogP contribution is 2.37. The molecule has 2 fully saturated rings. The summed E-state index contributed by atoms with van der Waals surface area (Å²) < 4.78 is 5.11. The zero-order valence-corrected chi connectivity index (χ0v) is 15.9. The van der Waals surface area contributed by atoms with Gasteiger partial charge in [-0.15, -0.1) is 0 Å². The van der Waals surface area contributed by atoms with E-state index in [1.165, 1.54) is 6.08 Å². The van der Waals surface area contributed by atoms with Crippen LogP contribution in [0.1, 0.15) is 66.2 Å². The number of carbonyl (C=O) groups is 2. The largest absolute Gasteiger partial charge is 0.349 e. The van der Waals surface area contributed by atoms with Crippen LogP contribution >= 0.6 is 0 Å². The average molecular weight is 380 g/mol. The SMILES string of the molecule is Cc1nc(C2(NC(=O)/C=C/c3ccc(C(=O)NC4CC4)cc3)CCCC2)no1. The molecule has 0 unspecified atom stereocenters. The van der Waals surface area contributed by atoms with Crippen molar-refractivity contribution in [2.45, 2.75) is 57.0 Å². The lowest BCUT2D eigenvalue weighted by Gasteiger charge is -2.25. The van der Waals surface area contributed by atoms with Gasteiger partial charge in [0.25, 0.3) is 5.91 Å². The predicted octanol–water partition coefficient (Wildman–Crippen LogP) is 2.87. The van der Waals surface area contributed by atoms with Crippen molar-refractivity contribution < 1.29 is 14.1 Å². The van der Waals surface area contributed by atoms with Gasteiger partial charge in [-0.1, -0.05) is 30.1 Å². The minimum atomic E-state index is -0.552. The third-order valence-electron chi connectivity index (χ3n) is 5.29. The number of benzene rings is 1. The monoisotopic (exact) mass is 380 g/mol. The van der Waals surface area contributed by atoms with Crippen molar-refractivity contribution >= 4 is 17.9 Å². The molecule has 0 spiro atoms. The van der Waals surface area contributed by atoms with Gasteiger partial charge >= 0.3 is 0 Å². The van der Waals surface area contributed by atoms with Crippen LogP contribution in [-0.4, -0.2) is 28.0 Å². The Kier molecular flexibility index (Phi) is 4.98. The van der Waals surface area contributed by atoms with Gasteiger partial charge in [0.2, 0.25) is 11.8 Å². The zero-order chi connectivity index (χ0) is 19.6. The molecule has 146 valence electrons. The first-order valence-corrected chi connectivity index (χ1v) is 9.76. The lowest BCUT2D eigenvalue weighted by Crippen LogP contribution is -2.44. The molecule has 2 amide bonds. The van der Waals surface area contributed by atoms with Gasteiger partial charge in [-0.3, -0.25) is 9.59 Å². The van der Waals surface area contributed by atoms with Crippen LogP contribution in [0.2, 0.25) is 0 Å². The Morgan fingerprint density at radius 2 is 1.89 bits per heavy atom. The van der Waals surface area contributed by atoms with Crippen molar-refractivity contribution in [3.05, 3.63) is 53.2 Å². The van der Waals surface area contributed by atoms with Gasteiger partial charge in [0.1, 0.15) is 5.54 Å². The average Bonchev–Trinajstić information content (AvgIpc) is 3.18. The van der Waals surface area contributed by atoms with Crippen LogP contribution in [0.15, 0.2) is 34.9 Å². The summed E-state index contributed by atoms with van der Waals surface area (Å²) in [4.78, 5) is 28.9. The molecule has 4 rings (SSSR count). The minimum absolute atomic E-state index is 0.0469. The number of rotatable bonds is 6. The minimum Gasteiger partial charge on any atom is -0.349 e. The highest BCUT2D eigenvalue weighted by atomic mass is 16.5. The number of amides is 2. The molecule has 28 heavy (non-hydrogen) atoms. The van der Waals surface area contributed by atoms with Gasteiger partial charge in [0.15, 0.2) is 5.82 Å². The Balaban J connectivity index is 1.39. The predicted molar refractivity (Wildman–Crippen MR) is 103 cm³/mol. The third kappa shape index (κ3) is 4.13. The van der Waals surface area contributed by atoms with Gasteiger partial charge in [-0.25, -0.2) is 0 Å². The lowest BCUT2D eigenvalue weighted by molar-refractivity contribution is -0.118. The zero-order valence-electron chi connectivity index (χ0n) is 15.9. The van der Waals surface area contributed by atoms with Gasteiger partial charge in [0.05, 0.1) is 0 Å². The second-order valence-electron chi connectivity index (χ2n) is 7.62. The summed E-state index contributed by atoms with van der Waals surface area (Å²) in [5.41, 5.74) is 0.934. The van der Waals surface area contributed by atoms with Crippen molar-refractivity contribution in [1.29, 1.82) is 0 Å². The van der Waals surface area contributed by atoms with Gasteiger partial charge in [-0.2, -0.15) is 4.98 Å². The third-order valence-corrected chi connectivity index (χ3v) is 5.29. The van der Waals surface area contributed by atoms with E-state index in [0.29, 0.717) is 23.3 Å². The van der Waals surface area contributed by atoms with E-state index in [9.17, 15) is 9.59 Å². The molecule has 2 saturated carbocycles. The molecule has 2 aliphatic rings. The van der Waals surface area contributed by atoms with Gasteiger partial charge in [0, 0.05) is 24.6 Å². The van der Waals surface area contributed by atoms with Crippen LogP contribution in [0.25, 0.3) is 6.08 Å². The summed E-state index contributed by atoms with van der Waals surface area (Å²) >= 11 is 0. The number of carbonyl (C=O) groups excluding carboxylic acids is 2. The van der Waals surface area contributed by atoms with Crippen LogP contribution in [0, 0.1) is 6.92 Å². The summed E-state index contributed by atoms with van der Waals surface area (Å²) in [5.74, 6) is 0.807. The van der Waals surface area contributed by atoms with Crippen molar-refractivity contribution in [3.63, 3.8) is 0 Å². The van der Waals surface area contributed by atoms with Crippen LogP contribution in [0.4, 0.5) is 0 Å². The van der Waals surface area contributed by atoms with E-state index >= 15 is 0 Å². The Morgan fingerprint density at radius 1 is 1.18 bits per heavy atom. The fraction of sp³-hybridized carbons (Fsp3) is 0.429. The fourth-order valence-corrected chi connectivity index (χ4v) is 3.57. The Bertz CT molecular complexity index is 891. The molecule has 7 nitrogen and oxygen atoms in total. The lowest BCUT2D eigenvalue weighted by atomic mass is 9.96. The van der Waals surface area contributed by atoms with E-state index in [0.717, 1.165) is 44.1 Å². The molecule has 0 saturated heterocycles. The van der Waals surface area contributed by atoms with Gasteiger partial charge in [-0.05, 0) is 49.5 Å². The summed E-state index contributed by atoms with van der Waals surface area (Å²) in [6.07, 6.45) is 9.00. The molecule has 1 aromatic heterocycles. The number of aromatic nitrogens is 2. The molecular formula is C21H24N4O3. The summed E-state index contributed by atoms with van der Waals surface area (Å²) in [6, 6.07) is 7.55. The maximum Gasteiger partial charge on any atom is 0.251 e. The van der Waals surface area contributed by atoms with Gasteiger partial charge < -0.3 is 15.2 Å². The van der Waals surface area contributed by atoms with Crippen molar-refractivity contribution in [3.8, 4) is 0 Å². The molecule has 0 radical (unpaired) electrons. The second kappa shape index (κ2) is 7.58. The quantitative estimate of drug-likeness (QED) is 0.751. The maximum atomic E-state index is 12.5. The number of hydrogen-bond donors (Lipinski definition) is 2. The second-order valence-corrected chi connectivity index (χ2v) is 7.62. The van der Waals surface area contributed by atoms with Crippen LogP contribution in [-0.2, 0) is 10.3 Å². The van der Waals surface area contributed by atoms with E-state index in [-0.39, 0.29) is 11.8 Å². The van der Waals surface area contributed by atoms with E-state index < -0.39 is 5.54 Å². The highest BCUT2D eigenvalue weighted by molar-refractivity contribution is 5.95. The van der Waals surface area contributed by atoms with E-state index in [4.69, 9.17) is 4.52 Å². The summed E-state index contributed by atoms with van der Waals surface area (Å²) in [6.45, 7) is 1.75. The molecule has 7 heteroatoms. The van der Waals surface area contributed by atoms with E-state index in [1.54, 1.807) is 25.1 Å². The van der Waals surface area contributed by atoms with E-state index in [2.05, 4.69) is 20.8 Å². The molecule has 0 aliphatic heterocycles. The highest BCUT2D eigenvalue weighted by Gasteiger charge is 2.40. The molecule has 0 bridgehead atoms. The summed E-state index contributed by atoms with van der Waals surface area (Å²) in [5, 5.41) is 10.1.